The van der Waals surface area contributed by atoms with Crippen molar-refractivity contribution in [2.75, 3.05) is 5.75 Å². The average molecular weight is 435 g/mol. The highest BCUT2D eigenvalue weighted by Gasteiger charge is 2.29. The number of amides is 3. The average Bonchev–Trinajstić information content (AvgIpc) is 2.66. The highest BCUT2D eigenvalue weighted by Crippen LogP contribution is 2.07. The monoisotopic (exact) mass is 434 g/mol. The number of thiol groups is 1. The van der Waals surface area contributed by atoms with Crippen LogP contribution in [0.5, 0.6) is 0 Å². The fourth-order valence-corrected chi connectivity index (χ4v) is 2.43. The van der Waals surface area contributed by atoms with Crippen LogP contribution < -0.4 is 21.7 Å². The van der Waals surface area contributed by atoms with Gasteiger partial charge in [-0.3, -0.25) is 19.2 Å². The third-order valence-corrected chi connectivity index (χ3v) is 4.75. The van der Waals surface area contributed by atoms with E-state index in [9.17, 15) is 24.0 Å². The van der Waals surface area contributed by atoms with Gasteiger partial charge in [-0.2, -0.15) is 12.6 Å². The predicted molar refractivity (Wildman–Crippen MR) is 107 cm³/mol. The van der Waals surface area contributed by atoms with Crippen LogP contribution in [-0.4, -0.2) is 69.8 Å². The molecule has 0 saturated carbocycles. The van der Waals surface area contributed by atoms with Crippen molar-refractivity contribution in [2.45, 2.75) is 64.2 Å². The van der Waals surface area contributed by atoms with Crippen molar-refractivity contribution in [1.29, 1.82) is 0 Å². The molecule has 11 nitrogen and oxygen atoms in total. The number of carbonyl (C=O) groups excluding carboxylic acids is 3. The second-order valence-electron chi connectivity index (χ2n) is 6.72. The third kappa shape index (κ3) is 9.61. The number of carboxylic acid groups (broad SMARTS) is 2. The van der Waals surface area contributed by atoms with Gasteiger partial charge in [0.2, 0.25) is 17.7 Å². The summed E-state index contributed by atoms with van der Waals surface area (Å²) in [6.45, 7) is 4.94. The molecular formula is C17H30N4O7S. The minimum absolute atomic E-state index is 0.146. The summed E-state index contributed by atoms with van der Waals surface area (Å²) in [5, 5.41) is 24.8. The van der Waals surface area contributed by atoms with Crippen molar-refractivity contribution in [2.24, 2.45) is 11.7 Å². The first-order chi connectivity index (χ1) is 13.4. The lowest BCUT2D eigenvalue weighted by Crippen LogP contribution is -2.57. The fraction of sp³-hybridized carbons (Fsp3) is 0.706. The van der Waals surface area contributed by atoms with Crippen LogP contribution in [-0.2, 0) is 24.0 Å². The largest absolute Gasteiger partial charge is 0.481 e. The molecule has 0 rings (SSSR count). The normalized spacial score (nSPS) is 15.9. The molecule has 12 heteroatoms. The molecule has 0 aromatic carbocycles. The quantitative estimate of drug-likeness (QED) is 0.174. The minimum Gasteiger partial charge on any atom is -0.481 e. The van der Waals surface area contributed by atoms with Crippen molar-refractivity contribution in [1.82, 2.24) is 16.0 Å². The summed E-state index contributed by atoms with van der Waals surface area (Å²) < 4.78 is 0. The van der Waals surface area contributed by atoms with Gasteiger partial charge < -0.3 is 31.9 Å². The molecule has 5 unspecified atom stereocenters. The number of rotatable bonds is 13. The third-order valence-electron chi connectivity index (χ3n) is 4.39. The lowest BCUT2D eigenvalue weighted by atomic mass is 9.98. The van der Waals surface area contributed by atoms with Crippen LogP contribution in [0.2, 0.25) is 0 Å². The van der Waals surface area contributed by atoms with E-state index < -0.39 is 60.2 Å². The van der Waals surface area contributed by atoms with Crippen LogP contribution in [0.15, 0.2) is 0 Å². The van der Waals surface area contributed by atoms with Crippen LogP contribution in [0.3, 0.4) is 0 Å². The Kier molecular flexibility index (Phi) is 11.9. The predicted octanol–water partition coefficient (Wildman–Crippen LogP) is -1.29. The van der Waals surface area contributed by atoms with E-state index in [-0.39, 0.29) is 18.1 Å². The Morgan fingerprint density at radius 2 is 1.48 bits per heavy atom. The molecule has 0 aliphatic carbocycles. The van der Waals surface area contributed by atoms with Gasteiger partial charge in [0.05, 0.1) is 6.04 Å². The standard InChI is InChI=1S/C17H30N4O7S/c1-4-8(2)13(18)16(26)20-10(5-6-12(22)23)15(25)19-9(3)14(24)21-11(7-29)17(27)28/h8-11,13,29H,4-7,18H2,1-3H3,(H,19,25)(H,20,26)(H,21,24)(H,22,23)(H,27,28). The lowest BCUT2D eigenvalue weighted by Gasteiger charge is -2.24. The van der Waals surface area contributed by atoms with E-state index in [1.807, 2.05) is 6.92 Å². The van der Waals surface area contributed by atoms with Crippen LogP contribution >= 0.6 is 12.6 Å². The Morgan fingerprint density at radius 1 is 0.931 bits per heavy atom. The van der Waals surface area contributed by atoms with Crippen molar-refractivity contribution in [3.8, 4) is 0 Å². The van der Waals surface area contributed by atoms with Gasteiger partial charge in [-0.15, -0.1) is 0 Å². The number of nitrogens with one attached hydrogen (secondary N) is 3. The first-order valence-electron chi connectivity index (χ1n) is 9.16. The topological polar surface area (TPSA) is 188 Å². The summed E-state index contributed by atoms with van der Waals surface area (Å²) in [5.41, 5.74) is 5.84. The molecule has 0 spiro atoms. The highest BCUT2D eigenvalue weighted by molar-refractivity contribution is 7.80. The molecule has 0 aliphatic heterocycles. The molecule has 3 amide bonds. The molecular weight excluding hydrogens is 404 g/mol. The van der Waals surface area contributed by atoms with Crippen molar-refractivity contribution in [3.63, 3.8) is 0 Å². The Balaban J connectivity index is 5.10. The molecule has 0 radical (unpaired) electrons. The first kappa shape index (κ1) is 26.7. The van der Waals surface area contributed by atoms with Gasteiger partial charge in [-0.25, -0.2) is 4.79 Å². The van der Waals surface area contributed by atoms with Crippen LogP contribution in [0.1, 0.15) is 40.0 Å². The lowest BCUT2D eigenvalue weighted by molar-refractivity contribution is -0.141. The van der Waals surface area contributed by atoms with E-state index in [1.54, 1.807) is 6.92 Å². The van der Waals surface area contributed by atoms with Gasteiger partial charge in [-0.05, 0) is 19.3 Å². The summed E-state index contributed by atoms with van der Waals surface area (Å²) >= 11 is 3.83. The van der Waals surface area contributed by atoms with Crippen LogP contribution in [0.4, 0.5) is 0 Å². The number of nitrogens with two attached hydrogens (primary N) is 1. The van der Waals surface area contributed by atoms with Crippen molar-refractivity contribution in [3.05, 3.63) is 0 Å². The maximum atomic E-state index is 12.5. The second kappa shape index (κ2) is 13.0. The van der Waals surface area contributed by atoms with E-state index in [4.69, 9.17) is 15.9 Å². The van der Waals surface area contributed by atoms with Gasteiger partial charge >= 0.3 is 11.9 Å². The smallest absolute Gasteiger partial charge is 0.327 e. The Hall–Kier alpha value is -2.34. The molecule has 0 heterocycles. The molecule has 0 bridgehead atoms. The maximum Gasteiger partial charge on any atom is 0.327 e. The molecule has 0 saturated heterocycles. The first-order valence-corrected chi connectivity index (χ1v) is 9.79. The molecule has 0 aromatic heterocycles. The van der Waals surface area contributed by atoms with Crippen molar-refractivity contribution < 1.29 is 34.2 Å². The maximum absolute atomic E-state index is 12.5. The summed E-state index contributed by atoms with van der Waals surface area (Å²) in [6, 6.07) is -4.46. The van der Waals surface area contributed by atoms with E-state index in [1.165, 1.54) is 6.92 Å². The number of carbonyl (C=O) groups is 5. The Morgan fingerprint density at radius 3 is 1.93 bits per heavy atom. The van der Waals surface area contributed by atoms with E-state index >= 15 is 0 Å². The summed E-state index contributed by atoms with van der Waals surface area (Å²) in [5.74, 6) is -4.90. The minimum atomic E-state index is -1.28. The Labute approximate surface area is 174 Å². The van der Waals surface area contributed by atoms with Gasteiger partial charge in [0.1, 0.15) is 18.1 Å². The molecule has 166 valence electrons. The fourth-order valence-electron chi connectivity index (χ4n) is 2.18. The molecule has 0 aliphatic rings. The summed E-state index contributed by atoms with van der Waals surface area (Å²) in [6.07, 6.45) is 0.0365. The van der Waals surface area contributed by atoms with Gasteiger partial charge in [0.15, 0.2) is 0 Å². The van der Waals surface area contributed by atoms with E-state index in [2.05, 4.69) is 28.6 Å². The number of hydrogen-bond acceptors (Lipinski definition) is 7. The molecule has 0 fully saturated rings. The molecule has 5 atom stereocenters. The van der Waals surface area contributed by atoms with Gasteiger partial charge in [0, 0.05) is 12.2 Å². The molecule has 7 N–H and O–H groups in total. The Bertz CT molecular complexity index is 617. The zero-order chi connectivity index (χ0) is 22.7. The summed E-state index contributed by atoms with van der Waals surface area (Å²) in [4.78, 5) is 58.6. The number of aliphatic carboxylic acids is 2. The van der Waals surface area contributed by atoms with Crippen LogP contribution in [0.25, 0.3) is 0 Å². The van der Waals surface area contributed by atoms with Gasteiger partial charge in [0.25, 0.3) is 0 Å². The number of hydrogen-bond donors (Lipinski definition) is 7. The zero-order valence-corrected chi connectivity index (χ0v) is 17.6. The van der Waals surface area contributed by atoms with Gasteiger partial charge in [-0.1, -0.05) is 20.3 Å². The van der Waals surface area contributed by atoms with E-state index in [0.717, 1.165) is 0 Å². The zero-order valence-electron chi connectivity index (χ0n) is 16.7. The molecule has 0 aromatic rings. The SMILES string of the molecule is CCC(C)C(N)C(=O)NC(CCC(=O)O)C(=O)NC(C)C(=O)NC(CS)C(=O)O. The summed E-state index contributed by atoms with van der Waals surface area (Å²) in [7, 11) is 0. The highest BCUT2D eigenvalue weighted by atomic mass is 32.1. The van der Waals surface area contributed by atoms with Crippen molar-refractivity contribution >= 4 is 42.3 Å². The number of carboxylic acids is 2. The second-order valence-corrected chi connectivity index (χ2v) is 7.08. The molecule has 29 heavy (non-hydrogen) atoms. The van der Waals surface area contributed by atoms with E-state index in [0.29, 0.717) is 6.42 Å². The van der Waals surface area contributed by atoms with Crippen LogP contribution in [0, 0.1) is 5.92 Å².